The second kappa shape index (κ2) is 13.9. The maximum Gasteiger partial charge on any atom is 0.293 e. The first-order chi connectivity index (χ1) is 21.6. The van der Waals surface area contributed by atoms with E-state index in [0.29, 0.717) is 17.8 Å². The van der Waals surface area contributed by atoms with E-state index in [-0.39, 0.29) is 35.0 Å². The van der Waals surface area contributed by atoms with Crippen LogP contribution in [0.4, 0.5) is 17.2 Å². The van der Waals surface area contributed by atoms with Gasteiger partial charge in [0.15, 0.2) is 5.82 Å². The van der Waals surface area contributed by atoms with Crippen molar-refractivity contribution in [2.45, 2.75) is 40.2 Å². The molecular formula is C36H42N6O3. The molecular weight excluding hydrogens is 564 g/mol. The molecule has 3 N–H and O–H groups in total. The molecule has 0 saturated carbocycles. The van der Waals surface area contributed by atoms with Crippen molar-refractivity contribution in [1.29, 1.82) is 0 Å². The maximum absolute atomic E-state index is 13.7. The van der Waals surface area contributed by atoms with Gasteiger partial charge in [-0.05, 0) is 80.2 Å². The number of carbonyl (C=O) groups is 2. The first-order valence-electron chi connectivity index (χ1n) is 15.5. The second-order valence-electron chi connectivity index (χ2n) is 12.3. The molecule has 45 heavy (non-hydrogen) atoms. The van der Waals surface area contributed by atoms with Crippen LogP contribution in [-0.2, 0) is 18.4 Å². The normalized spacial score (nSPS) is 14.0. The van der Waals surface area contributed by atoms with Gasteiger partial charge in [0.25, 0.3) is 11.5 Å². The number of primary amides is 1. The van der Waals surface area contributed by atoms with Gasteiger partial charge in [0, 0.05) is 54.8 Å². The maximum atomic E-state index is 13.7. The second-order valence-corrected chi connectivity index (χ2v) is 12.3. The third-order valence-electron chi connectivity index (χ3n) is 8.34. The quantitative estimate of drug-likeness (QED) is 0.247. The van der Waals surface area contributed by atoms with Crippen molar-refractivity contribution in [2.75, 3.05) is 29.9 Å². The number of hydrogen-bond acceptors (Lipinski definition) is 6. The van der Waals surface area contributed by atoms with Crippen molar-refractivity contribution in [3.63, 3.8) is 0 Å². The number of benzene rings is 3. The average molecular weight is 607 g/mol. The van der Waals surface area contributed by atoms with Gasteiger partial charge in [-0.2, -0.15) is 0 Å². The van der Waals surface area contributed by atoms with E-state index in [4.69, 9.17) is 10.7 Å². The molecule has 2 heterocycles. The Bertz CT molecular complexity index is 1720. The van der Waals surface area contributed by atoms with Crippen LogP contribution >= 0.6 is 0 Å². The third-order valence-corrected chi connectivity index (χ3v) is 8.34. The van der Waals surface area contributed by atoms with Crippen molar-refractivity contribution in [1.82, 2.24) is 14.5 Å². The van der Waals surface area contributed by atoms with Gasteiger partial charge in [0.05, 0.1) is 5.69 Å². The monoisotopic (exact) mass is 606 g/mol. The summed E-state index contributed by atoms with van der Waals surface area (Å²) >= 11 is 0. The third kappa shape index (κ3) is 7.49. The van der Waals surface area contributed by atoms with E-state index < -0.39 is 0 Å². The first kappa shape index (κ1) is 31.7. The van der Waals surface area contributed by atoms with Crippen LogP contribution in [-0.4, -0.2) is 45.9 Å². The van der Waals surface area contributed by atoms with Crippen molar-refractivity contribution < 1.29 is 9.59 Å². The van der Waals surface area contributed by atoms with Crippen LogP contribution in [0.25, 0.3) is 11.3 Å². The molecule has 1 fully saturated rings. The van der Waals surface area contributed by atoms with Gasteiger partial charge >= 0.3 is 0 Å². The molecule has 1 aromatic heterocycles. The van der Waals surface area contributed by atoms with E-state index in [2.05, 4.69) is 30.1 Å². The summed E-state index contributed by atoms with van der Waals surface area (Å²) in [6.45, 7) is 9.12. The Morgan fingerprint density at radius 3 is 2.42 bits per heavy atom. The molecule has 9 nitrogen and oxygen atoms in total. The van der Waals surface area contributed by atoms with Gasteiger partial charge in [-0.25, -0.2) is 4.98 Å². The van der Waals surface area contributed by atoms with Crippen LogP contribution < -0.4 is 21.5 Å². The molecule has 1 aliphatic heterocycles. The smallest absolute Gasteiger partial charge is 0.293 e. The number of likely N-dealkylation sites (tertiary alicyclic amines) is 1. The lowest BCUT2D eigenvalue weighted by atomic mass is 9.96. The number of aromatic nitrogens is 2. The number of nitrogens with one attached hydrogen (secondary N) is 1. The largest absolute Gasteiger partial charge is 0.369 e. The minimum atomic E-state index is -0.243. The fraction of sp³-hybridized carbons (Fsp3) is 0.333. The molecule has 0 spiro atoms. The number of nitrogens with two attached hydrogens (primary N) is 1. The lowest BCUT2D eigenvalue weighted by Crippen LogP contribution is -2.38. The van der Waals surface area contributed by atoms with Gasteiger partial charge < -0.3 is 20.5 Å². The summed E-state index contributed by atoms with van der Waals surface area (Å²) in [4.78, 5) is 47.4. The van der Waals surface area contributed by atoms with Crippen molar-refractivity contribution in [2.24, 2.45) is 24.6 Å². The van der Waals surface area contributed by atoms with E-state index in [9.17, 15) is 14.4 Å². The zero-order valence-electron chi connectivity index (χ0n) is 26.5. The summed E-state index contributed by atoms with van der Waals surface area (Å²) in [5, 5.41) is 3.26. The molecule has 3 aromatic carbocycles. The zero-order valence-corrected chi connectivity index (χ0v) is 26.5. The summed E-state index contributed by atoms with van der Waals surface area (Å²) in [6.07, 6.45) is 3.28. The minimum Gasteiger partial charge on any atom is -0.369 e. The van der Waals surface area contributed by atoms with E-state index in [1.807, 2.05) is 78.6 Å². The Morgan fingerprint density at radius 2 is 1.73 bits per heavy atom. The highest BCUT2D eigenvalue weighted by atomic mass is 16.2. The summed E-state index contributed by atoms with van der Waals surface area (Å²) in [5.74, 6) is 0.157. The van der Waals surface area contributed by atoms with Gasteiger partial charge in [-0.3, -0.25) is 19.3 Å². The fourth-order valence-electron chi connectivity index (χ4n) is 5.92. The average Bonchev–Trinajstić information content (AvgIpc) is 3.03. The topological polar surface area (TPSA) is 114 Å². The number of hydrogen-bond donors (Lipinski definition) is 2. The van der Waals surface area contributed by atoms with Crippen molar-refractivity contribution in [3.05, 3.63) is 106 Å². The molecule has 9 heteroatoms. The van der Waals surface area contributed by atoms with Crippen LogP contribution in [0.15, 0.2) is 83.8 Å². The number of amides is 2. The lowest BCUT2D eigenvalue weighted by molar-refractivity contribution is -0.123. The molecule has 4 aromatic rings. The number of carbonyl (C=O) groups excluding carboxylic acids is 2. The minimum absolute atomic E-state index is 0.0456. The molecule has 0 unspecified atom stereocenters. The zero-order chi connectivity index (χ0) is 32.1. The highest BCUT2D eigenvalue weighted by molar-refractivity contribution is 6.07. The summed E-state index contributed by atoms with van der Waals surface area (Å²) in [6, 6.07) is 23.1. The van der Waals surface area contributed by atoms with Crippen molar-refractivity contribution >= 4 is 29.0 Å². The van der Waals surface area contributed by atoms with Crippen LogP contribution in [0, 0.1) is 18.8 Å². The van der Waals surface area contributed by atoms with E-state index in [0.717, 1.165) is 60.5 Å². The molecule has 0 atom stereocenters. The Kier molecular flexibility index (Phi) is 9.78. The van der Waals surface area contributed by atoms with Gasteiger partial charge in [-0.15, -0.1) is 0 Å². The predicted molar refractivity (Wildman–Crippen MR) is 180 cm³/mol. The Balaban J connectivity index is 1.41. The van der Waals surface area contributed by atoms with Crippen molar-refractivity contribution in [3.8, 4) is 11.3 Å². The van der Waals surface area contributed by atoms with Crippen LogP contribution in [0.1, 0.15) is 48.2 Å². The molecule has 234 valence electrons. The lowest BCUT2D eigenvalue weighted by Gasteiger charge is -2.30. The number of nitrogens with zero attached hydrogens (tertiary/aromatic N) is 4. The van der Waals surface area contributed by atoms with Crippen LogP contribution in [0.5, 0.6) is 0 Å². The Labute approximate surface area is 264 Å². The van der Waals surface area contributed by atoms with Gasteiger partial charge in [-0.1, -0.05) is 56.3 Å². The van der Waals surface area contributed by atoms with E-state index >= 15 is 0 Å². The van der Waals surface area contributed by atoms with Crippen LogP contribution in [0.3, 0.4) is 0 Å². The molecule has 0 radical (unpaired) electrons. The first-order valence-corrected chi connectivity index (χ1v) is 15.5. The van der Waals surface area contributed by atoms with Gasteiger partial charge in [0.1, 0.15) is 0 Å². The predicted octanol–water partition coefficient (Wildman–Crippen LogP) is 5.50. The number of anilines is 3. The van der Waals surface area contributed by atoms with E-state index in [1.54, 1.807) is 13.2 Å². The Morgan fingerprint density at radius 1 is 1.02 bits per heavy atom. The fourth-order valence-corrected chi connectivity index (χ4v) is 5.92. The SMILES string of the molecule is Cc1c(-c2cn(C)c(=O)c(Nc3cccc(CN4CCC(C(N)=O)CC4)c3)n2)cccc1N(CC(C)C)C(=O)c1ccccc1. The highest BCUT2D eigenvalue weighted by Crippen LogP contribution is 2.32. The summed E-state index contributed by atoms with van der Waals surface area (Å²) in [7, 11) is 1.72. The molecule has 5 rings (SSSR count). The molecule has 2 amide bonds. The van der Waals surface area contributed by atoms with Gasteiger partial charge in [0.2, 0.25) is 5.91 Å². The summed E-state index contributed by atoms with van der Waals surface area (Å²) < 4.78 is 1.53. The summed E-state index contributed by atoms with van der Waals surface area (Å²) in [5.41, 5.74) is 10.9. The van der Waals surface area contributed by atoms with Crippen LogP contribution in [0.2, 0.25) is 0 Å². The number of rotatable bonds is 10. The Hall–Kier alpha value is -4.76. The number of piperidine rings is 1. The van der Waals surface area contributed by atoms with E-state index in [1.165, 1.54) is 4.57 Å². The standard InChI is InChI=1S/C36H42N6O3/c1-24(2)21-42(35(44)28-11-6-5-7-12-28)32-15-9-14-30(25(32)3)31-23-40(4)36(45)34(39-31)38-29-13-8-10-26(20-29)22-41-18-16-27(17-19-41)33(37)43/h5-15,20,23-24,27H,16-19,21-22H2,1-4H3,(H2,37,43)(H,38,39). The highest BCUT2D eigenvalue weighted by Gasteiger charge is 2.24. The number of aryl methyl sites for hydroxylation is 1. The molecule has 1 aliphatic rings. The molecule has 0 bridgehead atoms. The molecule has 1 saturated heterocycles. The molecule has 0 aliphatic carbocycles.